The summed E-state index contributed by atoms with van der Waals surface area (Å²) in [4.78, 5) is 20.0. The molecule has 0 aliphatic heterocycles. The van der Waals surface area contributed by atoms with Crippen LogP contribution >= 0.6 is 11.6 Å². The molecule has 0 unspecified atom stereocenters. The number of hydrogen-bond acceptors (Lipinski definition) is 9. The second kappa shape index (κ2) is 13.8. The molecule has 2 aromatic carbocycles. The second-order valence-corrected chi connectivity index (χ2v) is 12.3. The first-order valence-corrected chi connectivity index (χ1v) is 14.6. The standard InChI is InChI=1S/C27H35ClN6O5S/c1-18-17-29-26(31-20-12-13-23(22(28)16-20)39-14-7-5-6-11-24(35)33-36)32-25(18)30-19-9-8-10-21(15-19)40(37,38)34-27(2,3)4/h8-10,12-13,15-17,34,36H,5-7,11,14H2,1-4H3,(H,33,35)(H2,29,30,31,32). The molecule has 0 saturated carbocycles. The van der Waals surface area contributed by atoms with E-state index in [1.54, 1.807) is 68.8 Å². The van der Waals surface area contributed by atoms with Gasteiger partial charge in [0.15, 0.2) is 0 Å². The lowest BCUT2D eigenvalue weighted by molar-refractivity contribution is -0.129. The predicted molar refractivity (Wildman–Crippen MR) is 155 cm³/mol. The molecule has 0 bridgehead atoms. The summed E-state index contributed by atoms with van der Waals surface area (Å²) >= 11 is 6.40. The lowest BCUT2D eigenvalue weighted by Crippen LogP contribution is -2.40. The number of amides is 1. The highest BCUT2D eigenvalue weighted by atomic mass is 35.5. The average molecular weight is 591 g/mol. The van der Waals surface area contributed by atoms with Crippen LogP contribution in [0.5, 0.6) is 5.75 Å². The molecule has 11 nitrogen and oxygen atoms in total. The molecule has 0 radical (unpaired) electrons. The van der Waals surface area contributed by atoms with Crippen LogP contribution < -0.4 is 25.6 Å². The molecule has 5 N–H and O–H groups in total. The number of anilines is 4. The second-order valence-electron chi connectivity index (χ2n) is 10.2. The fourth-order valence-corrected chi connectivity index (χ4v) is 5.29. The van der Waals surface area contributed by atoms with E-state index in [0.717, 1.165) is 18.4 Å². The molecule has 216 valence electrons. The number of hydroxylamine groups is 1. The van der Waals surface area contributed by atoms with Gasteiger partial charge in [0.2, 0.25) is 21.9 Å². The first-order valence-electron chi connectivity index (χ1n) is 12.7. The third kappa shape index (κ3) is 9.63. The van der Waals surface area contributed by atoms with Crippen LogP contribution in [-0.4, -0.2) is 41.6 Å². The molecule has 40 heavy (non-hydrogen) atoms. The normalized spacial score (nSPS) is 11.7. The Bertz CT molecular complexity index is 1430. The molecule has 0 spiro atoms. The van der Waals surface area contributed by atoms with Gasteiger partial charge in [0, 0.05) is 35.1 Å². The molecule has 0 atom stereocenters. The van der Waals surface area contributed by atoms with Crippen molar-refractivity contribution in [2.75, 3.05) is 17.2 Å². The number of aryl methyl sites for hydroxylation is 1. The average Bonchev–Trinajstić information content (AvgIpc) is 2.88. The van der Waals surface area contributed by atoms with Crippen molar-refractivity contribution < 1.29 is 23.2 Å². The zero-order chi connectivity index (χ0) is 29.3. The Hall–Kier alpha value is -3.45. The van der Waals surface area contributed by atoms with Gasteiger partial charge in [-0.15, -0.1) is 0 Å². The van der Waals surface area contributed by atoms with Gasteiger partial charge in [0.25, 0.3) is 0 Å². The van der Waals surface area contributed by atoms with E-state index in [4.69, 9.17) is 21.5 Å². The number of unbranched alkanes of at least 4 members (excludes halogenated alkanes) is 2. The maximum atomic E-state index is 12.7. The fourth-order valence-electron chi connectivity index (χ4n) is 3.60. The number of carbonyl (C=O) groups is 1. The molecule has 0 fully saturated rings. The molecule has 3 aromatic rings. The Morgan fingerprint density at radius 1 is 1.05 bits per heavy atom. The monoisotopic (exact) mass is 590 g/mol. The summed E-state index contributed by atoms with van der Waals surface area (Å²) < 4.78 is 33.9. The van der Waals surface area contributed by atoms with Gasteiger partial charge in [0.1, 0.15) is 11.6 Å². The van der Waals surface area contributed by atoms with Crippen molar-refractivity contribution in [3.05, 3.63) is 59.2 Å². The first-order chi connectivity index (χ1) is 18.9. The molecule has 0 aliphatic carbocycles. The number of nitrogens with one attached hydrogen (secondary N) is 4. The van der Waals surface area contributed by atoms with Gasteiger partial charge >= 0.3 is 0 Å². The van der Waals surface area contributed by atoms with Crippen molar-refractivity contribution >= 4 is 50.7 Å². The largest absolute Gasteiger partial charge is 0.492 e. The lowest BCUT2D eigenvalue weighted by atomic mass is 10.1. The smallest absolute Gasteiger partial charge is 0.243 e. The molecular weight excluding hydrogens is 556 g/mol. The Labute approximate surface area is 239 Å². The maximum Gasteiger partial charge on any atom is 0.243 e. The third-order valence-electron chi connectivity index (χ3n) is 5.44. The van der Waals surface area contributed by atoms with Crippen molar-refractivity contribution in [3.8, 4) is 5.75 Å². The van der Waals surface area contributed by atoms with Crippen molar-refractivity contribution in [2.24, 2.45) is 0 Å². The highest BCUT2D eigenvalue weighted by molar-refractivity contribution is 7.89. The quantitative estimate of drug-likeness (QED) is 0.0993. The zero-order valence-corrected chi connectivity index (χ0v) is 24.5. The third-order valence-corrected chi connectivity index (χ3v) is 7.49. The molecule has 0 saturated heterocycles. The molecule has 0 aliphatic rings. The highest BCUT2D eigenvalue weighted by Gasteiger charge is 2.22. The maximum absolute atomic E-state index is 12.7. The van der Waals surface area contributed by atoms with Crippen molar-refractivity contribution in [3.63, 3.8) is 0 Å². The molecule has 1 heterocycles. The van der Waals surface area contributed by atoms with Gasteiger partial charge in [-0.3, -0.25) is 10.0 Å². The van der Waals surface area contributed by atoms with E-state index in [0.29, 0.717) is 46.9 Å². The molecule has 1 aromatic heterocycles. The number of aromatic nitrogens is 2. The van der Waals surface area contributed by atoms with Crippen molar-refractivity contribution in [1.29, 1.82) is 0 Å². The number of rotatable bonds is 13. The summed E-state index contributed by atoms with van der Waals surface area (Å²) in [6, 6.07) is 11.7. The molecule has 3 rings (SSSR count). The summed E-state index contributed by atoms with van der Waals surface area (Å²) in [6.45, 7) is 7.64. The summed E-state index contributed by atoms with van der Waals surface area (Å²) in [5.41, 5.74) is 2.99. The van der Waals surface area contributed by atoms with E-state index in [9.17, 15) is 13.2 Å². The SMILES string of the molecule is Cc1cnc(Nc2ccc(OCCCCCC(=O)NO)c(Cl)c2)nc1Nc1cccc(S(=O)(=O)NC(C)(C)C)c1. The number of nitrogens with zero attached hydrogens (tertiary/aromatic N) is 2. The van der Waals surface area contributed by atoms with Crippen molar-refractivity contribution in [1.82, 2.24) is 20.2 Å². The fraction of sp³-hybridized carbons (Fsp3) is 0.370. The van der Waals surface area contributed by atoms with Crippen LogP contribution in [0.15, 0.2) is 53.6 Å². The number of benzene rings is 2. The van der Waals surface area contributed by atoms with Gasteiger partial charge in [-0.25, -0.2) is 23.6 Å². The Kier molecular flexibility index (Phi) is 10.7. The van der Waals surface area contributed by atoms with Crippen LogP contribution in [0.2, 0.25) is 5.02 Å². The number of carbonyl (C=O) groups excluding carboxylic acids is 1. The summed E-state index contributed by atoms with van der Waals surface area (Å²) in [5.74, 6) is 0.964. The van der Waals surface area contributed by atoms with Crippen molar-refractivity contribution in [2.45, 2.75) is 63.8 Å². The lowest BCUT2D eigenvalue weighted by Gasteiger charge is -2.20. The Balaban J connectivity index is 1.63. The van der Waals surface area contributed by atoms with Crippen LogP contribution in [0, 0.1) is 6.92 Å². The van der Waals surface area contributed by atoms with E-state index in [1.807, 2.05) is 6.92 Å². The highest BCUT2D eigenvalue weighted by Crippen LogP contribution is 2.30. The number of ether oxygens (including phenoxy) is 1. The van der Waals surface area contributed by atoms with Crippen LogP contribution in [0.25, 0.3) is 0 Å². The Morgan fingerprint density at radius 3 is 2.50 bits per heavy atom. The van der Waals surface area contributed by atoms with Gasteiger partial charge < -0.3 is 15.4 Å². The number of sulfonamides is 1. The summed E-state index contributed by atoms with van der Waals surface area (Å²) in [7, 11) is -3.69. The van der Waals surface area contributed by atoms with Gasteiger partial charge in [-0.1, -0.05) is 17.7 Å². The minimum atomic E-state index is -3.69. The minimum Gasteiger partial charge on any atom is -0.492 e. The molecule has 1 amide bonds. The van der Waals surface area contributed by atoms with E-state index in [-0.39, 0.29) is 11.3 Å². The zero-order valence-electron chi connectivity index (χ0n) is 22.9. The van der Waals surface area contributed by atoms with Crippen LogP contribution in [0.3, 0.4) is 0 Å². The van der Waals surface area contributed by atoms with Gasteiger partial charge in [-0.2, -0.15) is 4.98 Å². The summed E-state index contributed by atoms with van der Waals surface area (Å²) in [5, 5.41) is 15.2. The van der Waals surface area contributed by atoms with E-state index in [2.05, 4.69) is 25.3 Å². The molecule has 13 heteroatoms. The number of halogens is 1. The van der Waals surface area contributed by atoms with E-state index >= 15 is 0 Å². The summed E-state index contributed by atoms with van der Waals surface area (Å²) in [6.07, 6.45) is 4.09. The van der Waals surface area contributed by atoms with Crippen LogP contribution in [-0.2, 0) is 14.8 Å². The molecular formula is C27H35ClN6O5S. The van der Waals surface area contributed by atoms with Crippen LogP contribution in [0.4, 0.5) is 23.1 Å². The van der Waals surface area contributed by atoms with Crippen LogP contribution in [0.1, 0.15) is 52.0 Å². The van der Waals surface area contributed by atoms with E-state index in [1.165, 1.54) is 6.07 Å². The minimum absolute atomic E-state index is 0.142. The Morgan fingerprint density at radius 2 is 1.80 bits per heavy atom. The van der Waals surface area contributed by atoms with Gasteiger partial charge in [0.05, 0.1) is 16.5 Å². The van der Waals surface area contributed by atoms with E-state index < -0.39 is 21.5 Å². The predicted octanol–water partition coefficient (Wildman–Crippen LogP) is 5.45. The topological polar surface area (TPSA) is 155 Å². The number of hydrogen-bond donors (Lipinski definition) is 5. The first kappa shape index (κ1) is 31.1. The van der Waals surface area contributed by atoms with Gasteiger partial charge in [-0.05, 0) is 83.4 Å².